The van der Waals surface area contributed by atoms with Gasteiger partial charge in [-0.05, 0) is 37.5 Å². The Morgan fingerprint density at radius 1 is 1.08 bits per heavy atom. The number of aromatic nitrogens is 2. The molecule has 2 atom stereocenters. The number of pyridine rings is 1. The summed E-state index contributed by atoms with van der Waals surface area (Å²) in [6.45, 7) is 1.98. The molecule has 0 saturated carbocycles. The van der Waals surface area contributed by atoms with E-state index in [0.717, 1.165) is 5.56 Å². The third kappa shape index (κ3) is 2.26. The van der Waals surface area contributed by atoms with Crippen LogP contribution in [0.15, 0.2) is 41.3 Å². The summed E-state index contributed by atoms with van der Waals surface area (Å²) in [6, 6.07) is 5.03. The van der Waals surface area contributed by atoms with Crippen molar-refractivity contribution in [2.24, 2.45) is 11.8 Å². The highest BCUT2D eigenvalue weighted by molar-refractivity contribution is 6.05. The number of nitrogens with zero attached hydrogens (tertiary/aromatic N) is 3. The summed E-state index contributed by atoms with van der Waals surface area (Å²) in [7, 11) is 0. The first-order chi connectivity index (χ1) is 11.5. The molecule has 0 bridgehead atoms. The second kappa shape index (κ2) is 5.40. The van der Waals surface area contributed by atoms with Crippen LogP contribution in [0.2, 0.25) is 0 Å². The Morgan fingerprint density at radius 3 is 2.42 bits per heavy atom. The first-order valence-corrected chi connectivity index (χ1v) is 8.04. The van der Waals surface area contributed by atoms with E-state index in [1.54, 1.807) is 6.20 Å². The topological polar surface area (TPSA) is 71.8 Å². The predicted octanol–water partition coefficient (Wildman–Crippen LogP) is 1.45. The molecule has 1 aliphatic carbocycles. The lowest BCUT2D eigenvalue weighted by Crippen LogP contribution is -2.31. The highest BCUT2D eigenvalue weighted by atomic mass is 16.2. The zero-order valence-corrected chi connectivity index (χ0v) is 13.3. The standard InChI is InChI=1S/C18H17N3O3/c1-11-6-7-20-15(8-11)19-12(9-16(20)22)10-21-17(23)13-4-2-3-5-14(13)18(21)24/h2-3,6-9,13-14H,4-5,10H2,1H3/t13-,14+. The van der Waals surface area contributed by atoms with E-state index in [-0.39, 0.29) is 35.8 Å². The molecule has 2 aromatic heterocycles. The zero-order valence-electron chi connectivity index (χ0n) is 13.3. The molecule has 24 heavy (non-hydrogen) atoms. The van der Waals surface area contributed by atoms with Crippen LogP contribution in [-0.2, 0) is 16.1 Å². The monoisotopic (exact) mass is 323 g/mol. The lowest BCUT2D eigenvalue weighted by atomic mass is 9.85. The van der Waals surface area contributed by atoms with E-state index >= 15 is 0 Å². The van der Waals surface area contributed by atoms with Gasteiger partial charge >= 0.3 is 0 Å². The van der Waals surface area contributed by atoms with Gasteiger partial charge in [0.05, 0.1) is 24.1 Å². The predicted molar refractivity (Wildman–Crippen MR) is 87.1 cm³/mol. The molecular weight excluding hydrogens is 306 g/mol. The fraction of sp³-hybridized carbons (Fsp3) is 0.333. The van der Waals surface area contributed by atoms with E-state index in [4.69, 9.17) is 0 Å². The lowest BCUT2D eigenvalue weighted by molar-refractivity contribution is -0.140. The maximum absolute atomic E-state index is 12.5. The molecule has 122 valence electrons. The molecule has 4 rings (SSSR count). The Hall–Kier alpha value is -2.76. The van der Waals surface area contributed by atoms with Crippen molar-refractivity contribution >= 4 is 17.5 Å². The maximum atomic E-state index is 12.5. The molecule has 0 unspecified atom stereocenters. The van der Waals surface area contributed by atoms with Crippen LogP contribution in [0.25, 0.3) is 5.65 Å². The fourth-order valence-corrected chi connectivity index (χ4v) is 3.52. The molecule has 6 heteroatoms. The molecule has 1 saturated heterocycles. The van der Waals surface area contributed by atoms with Crippen LogP contribution >= 0.6 is 0 Å². The SMILES string of the molecule is Cc1ccn2c(=O)cc(CN3C(=O)[C@H]4CC=CC[C@H]4C3=O)nc2c1. The van der Waals surface area contributed by atoms with Crippen molar-refractivity contribution in [2.75, 3.05) is 0 Å². The van der Waals surface area contributed by atoms with Gasteiger partial charge < -0.3 is 0 Å². The summed E-state index contributed by atoms with van der Waals surface area (Å²) < 4.78 is 1.45. The first kappa shape index (κ1) is 14.8. The van der Waals surface area contributed by atoms with Gasteiger partial charge in [0.15, 0.2) is 0 Å². The Kier molecular flexibility index (Phi) is 3.33. The van der Waals surface area contributed by atoms with Crippen LogP contribution in [0.5, 0.6) is 0 Å². The molecule has 2 aromatic rings. The van der Waals surface area contributed by atoms with Crippen LogP contribution in [0.3, 0.4) is 0 Å². The van der Waals surface area contributed by atoms with E-state index in [2.05, 4.69) is 4.98 Å². The third-order valence-electron chi connectivity index (χ3n) is 4.79. The number of carbonyl (C=O) groups is 2. The number of carbonyl (C=O) groups excluding carboxylic acids is 2. The van der Waals surface area contributed by atoms with Crippen LogP contribution in [0.1, 0.15) is 24.1 Å². The lowest BCUT2D eigenvalue weighted by Gasteiger charge is -2.14. The van der Waals surface area contributed by atoms with E-state index in [1.807, 2.05) is 31.2 Å². The van der Waals surface area contributed by atoms with Crippen LogP contribution in [0.4, 0.5) is 0 Å². The fourth-order valence-electron chi connectivity index (χ4n) is 3.52. The van der Waals surface area contributed by atoms with E-state index < -0.39 is 0 Å². The Balaban J connectivity index is 1.68. The average Bonchev–Trinajstić information content (AvgIpc) is 2.80. The van der Waals surface area contributed by atoms with Gasteiger partial charge in [0.25, 0.3) is 5.56 Å². The largest absolute Gasteiger partial charge is 0.276 e. The molecule has 0 N–H and O–H groups in total. The number of aryl methyl sites for hydroxylation is 1. The van der Waals surface area contributed by atoms with Gasteiger partial charge in [-0.2, -0.15) is 0 Å². The Morgan fingerprint density at radius 2 is 1.75 bits per heavy atom. The third-order valence-corrected chi connectivity index (χ3v) is 4.79. The van der Waals surface area contributed by atoms with Crippen molar-refractivity contribution in [2.45, 2.75) is 26.3 Å². The number of hydrogen-bond acceptors (Lipinski definition) is 4. The highest BCUT2D eigenvalue weighted by Gasteiger charge is 2.47. The summed E-state index contributed by atoms with van der Waals surface area (Å²) in [4.78, 5) is 43.0. The van der Waals surface area contributed by atoms with Gasteiger partial charge in [0.2, 0.25) is 11.8 Å². The number of amides is 2. The second-order valence-corrected chi connectivity index (χ2v) is 6.44. The number of allylic oxidation sites excluding steroid dienone is 2. The first-order valence-electron chi connectivity index (χ1n) is 8.04. The summed E-state index contributed by atoms with van der Waals surface area (Å²) >= 11 is 0. The molecule has 3 heterocycles. The molecule has 2 amide bonds. The summed E-state index contributed by atoms with van der Waals surface area (Å²) in [5, 5.41) is 0. The number of imide groups is 1. The van der Waals surface area contributed by atoms with Crippen molar-refractivity contribution in [1.82, 2.24) is 14.3 Å². The van der Waals surface area contributed by atoms with E-state index in [0.29, 0.717) is 24.2 Å². The normalized spacial score (nSPS) is 23.1. The number of likely N-dealkylation sites (tertiary alicyclic amines) is 1. The van der Waals surface area contributed by atoms with Gasteiger partial charge in [-0.3, -0.25) is 23.7 Å². The van der Waals surface area contributed by atoms with Gasteiger partial charge in [0, 0.05) is 12.3 Å². The van der Waals surface area contributed by atoms with Crippen molar-refractivity contribution in [1.29, 1.82) is 0 Å². The quantitative estimate of drug-likeness (QED) is 0.619. The zero-order chi connectivity index (χ0) is 16.8. The molecule has 2 aliphatic rings. The maximum Gasteiger partial charge on any atom is 0.258 e. The smallest absolute Gasteiger partial charge is 0.258 e. The highest BCUT2D eigenvalue weighted by Crippen LogP contribution is 2.35. The number of rotatable bonds is 2. The van der Waals surface area contributed by atoms with Gasteiger partial charge in [-0.15, -0.1) is 0 Å². The molecule has 1 fully saturated rings. The summed E-state index contributed by atoms with van der Waals surface area (Å²) in [5.74, 6) is -0.821. The van der Waals surface area contributed by atoms with Crippen LogP contribution in [-0.4, -0.2) is 26.1 Å². The van der Waals surface area contributed by atoms with Gasteiger partial charge in [-0.25, -0.2) is 4.98 Å². The van der Waals surface area contributed by atoms with Crippen molar-refractivity contribution in [3.63, 3.8) is 0 Å². The molecule has 1 aliphatic heterocycles. The molecule has 6 nitrogen and oxygen atoms in total. The van der Waals surface area contributed by atoms with Crippen molar-refractivity contribution in [3.8, 4) is 0 Å². The van der Waals surface area contributed by atoms with Crippen LogP contribution < -0.4 is 5.56 Å². The Labute approximate surface area is 138 Å². The van der Waals surface area contributed by atoms with Crippen molar-refractivity contribution < 1.29 is 9.59 Å². The minimum absolute atomic E-state index is 0.0599. The van der Waals surface area contributed by atoms with E-state index in [9.17, 15) is 14.4 Å². The number of hydrogen-bond donors (Lipinski definition) is 0. The average molecular weight is 323 g/mol. The summed E-state index contributed by atoms with van der Waals surface area (Å²) in [5.41, 5.74) is 1.74. The van der Waals surface area contributed by atoms with Crippen molar-refractivity contribution in [3.05, 3.63) is 58.2 Å². The minimum atomic E-state index is -0.258. The second-order valence-electron chi connectivity index (χ2n) is 6.44. The Bertz CT molecular complexity index is 918. The molecule has 0 radical (unpaired) electrons. The van der Waals surface area contributed by atoms with Gasteiger partial charge in [0.1, 0.15) is 5.65 Å². The number of fused-ring (bicyclic) bond motifs is 2. The molecule has 0 aromatic carbocycles. The summed E-state index contributed by atoms with van der Waals surface area (Å²) in [6.07, 6.45) is 6.81. The molecule has 0 spiro atoms. The minimum Gasteiger partial charge on any atom is -0.276 e. The van der Waals surface area contributed by atoms with E-state index in [1.165, 1.54) is 15.4 Å². The molecular formula is C18H17N3O3. The van der Waals surface area contributed by atoms with Gasteiger partial charge in [-0.1, -0.05) is 12.2 Å². The van der Waals surface area contributed by atoms with Crippen LogP contribution in [0, 0.1) is 18.8 Å².